The molecule has 0 unspecified atom stereocenters. The van der Waals surface area contributed by atoms with E-state index < -0.39 is 18.8 Å². The molecule has 0 aromatic rings. The first kappa shape index (κ1) is 21.5. The standard InChI is InChI=1S/3C5H9.C4H8O2.Sn/c3*1-4-5(2)3;1-2-3-4(5)6;/h3*4H,1H2,2-3H3;2-3H2,1H3,(H,5,6);/q;;;;+1/p-1. The molecule has 0 radical (unpaired) electrons. The van der Waals surface area contributed by atoms with Crippen LogP contribution < -0.4 is 0 Å². The summed E-state index contributed by atoms with van der Waals surface area (Å²) in [6.07, 6.45) is 8.21. The van der Waals surface area contributed by atoms with E-state index in [0.29, 0.717) is 6.42 Å². The van der Waals surface area contributed by atoms with Crippen LogP contribution in [0.3, 0.4) is 0 Å². The number of allylic oxidation sites excluding steroid dienone is 6. The van der Waals surface area contributed by atoms with Gasteiger partial charge in [0.05, 0.1) is 0 Å². The second-order valence-corrected chi connectivity index (χ2v) is 17.7. The first-order chi connectivity index (χ1) is 10.2. The van der Waals surface area contributed by atoms with E-state index in [2.05, 4.69) is 59.8 Å². The first-order valence-electron chi connectivity index (χ1n) is 8.32. The van der Waals surface area contributed by atoms with Gasteiger partial charge in [-0.1, -0.05) is 0 Å². The number of hydrogen-bond acceptors (Lipinski definition) is 2. The second kappa shape index (κ2) is 11.1. The molecule has 0 aromatic heterocycles. The van der Waals surface area contributed by atoms with Gasteiger partial charge in [0.1, 0.15) is 0 Å². The van der Waals surface area contributed by atoms with Crippen LogP contribution in [0, 0.1) is 0 Å². The van der Waals surface area contributed by atoms with E-state index in [9.17, 15) is 4.79 Å². The second-order valence-electron chi connectivity index (χ2n) is 6.86. The normalized spacial score (nSPS) is 10.7. The summed E-state index contributed by atoms with van der Waals surface area (Å²) < 4.78 is 9.08. The van der Waals surface area contributed by atoms with E-state index >= 15 is 0 Å². The van der Waals surface area contributed by atoms with Crippen LogP contribution in [0.2, 0.25) is 13.3 Å². The zero-order valence-electron chi connectivity index (χ0n) is 15.6. The Kier molecular flexibility index (Phi) is 10.8. The van der Waals surface area contributed by atoms with Crippen molar-refractivity contribution in [1.29, 1.82) is 0 Å². The SMILES string of the molecule is CCCC(=O)[O][Sn]([CH2]C=C(C)C)([CH2]C=C(C)C)[CH2]C=C(C)C. The zero-order valence-corrected chi connectivity index (χ0v) is 18.4. The summed E-state index contributed by atoms with van der Waals surface area (Å²) >= 11 is -3.03. The fourth-order valence-electron chi connectivity index (χ4n) is 2.04. The third-order valence-electron chi connectivity index (χ3n) is 3.43. The van der Waals surface area contributed by atoms with Crippen molar-refractivity contribution in [3.8, 4) is 0 Å². The Morgan fingerprint density at radius 2 is 1.18 bits per heavy atom. The third kappa shape index (κ3) is 10.3. The Morgan fingerprint density at radius 1 is 0.818 bits per heavy atom. The van der Waals surface area contributed by atoms with Gasteiger partial charge in [0.15, 0.2) is 0 Å². The van der Waals surface area contributed by atoms with Crippen molar-refractivity contribution < 1.29 is 7.87 Å². The molecule has 126 valence electrons. The molecule has 0 aliphatic rings. The third-order valence-corrected chi connectivity index (χ3v) is 13.4. The van der Waals surface area contributed by atoms with Crippen LogP contribution in [0.25, 0.3) is 0 Å². The van der Waals surface area contributed by atoms with E-state index in [-0.39, 0.29) is 5.97 Å². The first-order valence-corrected chi connectivity index (χ1v) is 15.5. The summed E-state index contributed by atoms with van der Waals surface area (Å²) in [5.41, 5.74) is 3.92. The summed E-state index contributed by atoms with van der Waals surface area (Å²) in [5, 5.41) is 0. The van der Waals surface area contributed by atoms with Crippen LogP contribution in [0.4, 0.5) is 0 Å². The molecule has 22 heavy (non-hydrogen) atoms. The molecule has 0 saturated heterocycles. The molecule has 0 atom stereocenters. The molecule has 0 aromatic carbocycles. The monoisotopic (exact) mass is 414 g/mol. The van der Waals surface area contributed by atoms with Gasteiger partial charge in [-0.25, -0.2) is 0 Å². The van der Waals surface area contributed by atoms with E-state index in [0.717, 1.165) is 19.7 Å². The van der Waals surface area contributed by atoms with Crippen LogP contribution in [0.15, 0.2) is 34.9 Å². The van der Waals surface area contributed by atoms with Gasteiger partial charge in [0.2, 0.25) is 0 Å². The maximum atomic E-state index is 12.2. The summed E-state index contributed by atoms with van der Waals surface area (Å²) in [4.78, 5) is 12.2. The van der Waals surface area contributed by atoms with Gasteiger partial charge in [-0.05, 0) is 0 Å². The van der Waals surface area contributed by atoms with Crippen molar-refractivity contribution >= 4 is 24.8 Å². The fraction of sp³-hybridized carbons (Fsp3) is 0.632. The molecule has 0 aliphatic carbocycles. The maximum absolute atomic E-state index is 12.2. The molecule has 0 amide bonds. The molecule has 0 aliphatic heterocycles. The number of rotatable bonds is 9. The van der Waals surface area contributed by atoms with E-state index in [4.69, 9.17) is 3.07 Å². The summed E-state index contributed by atoms with van der Waals surface area (Å²) in [6, 6.07) is 0. The van der Waals surface area contributed by atoms with Crippen molar-refractivity contribution in [1.82, 2.24) is 0 Å². The Morgan fingerprint density at radius 3 is 1.45 bits per heavy atom. The van der Waals surface area contributed by atoms with Crippen molar-refractivity contribution in [3.63, 3.8) is 0 Å². The predicted octanol–water partition coefficient (Wildman–Crippen LogP) is 6.17. The average Bonchev–Trinajstić information content (AvgIpc) is 2.40. The van der Waals surface area contributed by atoms with Gasteiger partial charge in [-0.15, -0.1) is 0 Å². The summed E-state index contributed by atoms with van der Waals surface area (Å²) in [7, 11) is 0. The van der Waals surface area contributed by atoms with Crippen LogP contribution in [-0.2, 0) is 7.87 Å². The fourth-order valence-corrected chi connectivity index (χ4v) is 12.5. The predicted molar refractivity (Wildman–Crippen MR) is 99.5 cm³/mol. The van der Waals surface area contributed by atoms with Crippen LogP contribution in [0.1, 0.15) is 61.3 Å². The molecule has 0 spiro atoms. The minimum atomic E-state index is -3.03. The molecular formula is C19H34O2Sn. The van der Waals surface area contributed by atoms with E-state index in [1.807, 2.05) is 6.92 Å². The van der Waals surface area contributed by atoms with Crippen molar-refractivity contribution in [3.05, 3.63) is 34.9 Å². The Labute approximate surface area is 142 Å². The Balaban J connectivity index is 5.45. The number of hydrogen-bond donors (Lipinski definition) is 0. The molecule has 0 saturated carbocycles. The molecule has 0 rings (SSSR count). The molecule has 2 nitrogen and oxygen atoms in total. The minimum absolute atomic E-state index is 0.00442. The molecule has 0 heterocycles. The van der Waals surface area contributed by atoms with Gasteiger partial charge in [-0.2, -0.15) is 0 Å². The van der Waals surface area contributed by atoms with Gasteiger partial charge < -0.3 is 0 Å². The number of carbonyl (C=O) groups excluding carboxylic acids is 1. The van der Waals surface area contributed by atoms with Crippen LogP contribution in [0.5, 0.6) is 0 Å². The van der Waals surface area contributed by atoms with Gasteiger partial charge in [0, 0.05) is 0 Å². The summed E-state index contributed by atoms with van der Waals surface area (Å²) in [6.45, 7) is 14.7. The van der Waals surface area contributed by atoms with Crippen molar-refractivity contribution in [2.45, 2.75) is 74.6 Å². The topological polar surface area (TPSA) is 26.3 Å². The average molecular weight is 413 g/mol. The van der Waals surface area contributed by atoms with Gasteiger partial charge in [0.25, 0.3) is 0 Å². The van der Waals surface area contributed by atoms with Crippen LogP contribution in [-0.4, -0.2) is 24.8 Å². The molecular weight excluding hydrogens is 379 g/mol. The molecule has 0 N–H and O–H groups in total. The molecule has 0 bridgehead atoms. The Hall–Kier alpha value is -0.511. The zero-order chi connectivity index (χ0) is 17.2. The molecule has 0 fully saturated rings. The van der Waals surface area contributed by atoms with E-state index in [1.165, 1.54) is 16.7 Å². The Bertz CT molecular complexity index is 382. The number of carbonyl (C=O) groups is 1. The van der Waals surface area contributed by atoms with E-state index in [1.54, 1.807) is 0 Å². The quantitative estimate of drug-likeness (QED) is 0.334. The molecule has 3 heteroatoms. The van der Waals surface area contributed by atoms with Crippen molar-refractivity contribution in [2.75, 3.05) is 0 Å². The van der Waals surface area contributed by atoms with Crippen LogP contribution >= 0.6 is 0 Å². The van der Waals surface area contributed by atoms with Crippen molar-refractivity contribution in [2.24, 2.45) is 0 Å². The van der Waals surface area contributed by atoms with Gasteiger partial charge >= 0.3 is 142 Å². The summed E-state index contributed by atoms with van der Waals surface area (Å²) in [5.74, 6) is 0.00442. The van der Waals surface area contributed by atoms with Gasteiger partial charge in [-0.3, -0.25) is 0 Å².